The first kappa shape index (κ1) is 11.4. The first-order valence-electron chi connectivity index (χ1n) is 4.34. The zero-order valence-electron chi connectivity index (χ0n) is 8.34. The van der Waals surface area contributed by atoms with Gasteiger partial charge in [0.15, 0.2) is 0 Å². The molecule has 0 spiro atoms. The van der Waals surface area contributed by atoms with E-state index in [0.717, 1.165) is 17.5 Å². The van der Waals surface area contributed by atoms with Crippen LogP contribution in [0.15, 0.2) is 22.5 Å². The number of nitrogens with two attached hydrogens (primary N) is 1. The van der Waals surface area contributed by atoms with Crippen LogP contribution in [0.1, 0.15) is 5.56 Å². The largest absolute Gasteiger partial charge is 0.383 e. The lowest BCUT2D eigenvalue weighted by molar-refractivity contribution is 0.602. The molecule has 0 aliphatic carbocycles. The minimum Gasteiger partial charge on any atom is -0.383 e. The molecule has 0 radical (unpaired) electrons. The molecule has 2 heterocycles. The number of nitriles is 1. The van der Waals surface area contributed by atoms with Crippen molar-refractivity contribution in [1.29, 1.82) is 5.26 Å². The monoisotopic (exact) mass is 269 g/mol. The van der Waals surface area contributed by atoms with Crippen molar-refractivity contribution in [2.45, 2.75) is 4.90 Å². The summed E-state index contributed by atoms with van der Waals surface area (Å²) in [6.07, 6.45) is 1.11. The van der Waals surface area contributed by atoms with Crippen molar-refractivity contribution in [2.24, 2.45) is 0 Å². The highest BCUT2D eigenvalue weighted by atomic mass is 32.2. The van der Waals surface area contributed by atoms with Gasteiger partial charge in [0.2, 0.25) is 0 Å². The van der Waals surface area contributed by atoms with Gasteiger partial charge in [0.25, 0.3) is 10.0 Å². The van der Waals surface area contributed by atoms with E-state index in [-0.39, 0.29) is 21.3 Å². The van der Waals surface area contributed by atoms with Gasteiger partial charge in [0.05, 0.1) is 11.8 Å². The summed E-state index contributed by atoms with van der Waals surface area (Å²) in [7, 11) is -3.81. The Morgan fingerprint density at radius 3 is 2.94 bits per heavy atom. The van der Waals surface area contributed by atoms with Crippen LogP contribution in [-0.4, -0.2) is 18.6 Å². The summed E-state index contributed by atoms with van der Waals surface area (Å²) >= 11 is 1.12. The maximum atomic E-state index is 11.9. The number of hydrogen-bond acceptors (Lipinski definition) is 6. The van der Waals surface area contributed by atoms with Crippen LogP contribution in [0.3, 0.4) is 0 Å². The van der Waals surface area contributed by atoms with E-state index in [1.165, 1.54) is 6.07 Å². The summed E-state index contributed by atoms with van der Waals surface area (Å²) in [5, 5.41) is 16.5. The van der Waals surface area contributed by atoms with Crippen molar-refractivity contribution in [2.75, 3.05) is 10.5 Å². The second kappa shape index (κ2) is 4.08. The third kappa shape index (κ3) is 2.08. The number of nitrogen functional groups attached to an aromatic ring is 1. The molecule has 0 fully saturated rings. The van der Waals surface area contributed by atoms with E-state index in [9.17, 15) is 8.42 Å². The number of rotatable bonds is 3. The van der Waals surface area contributed by atoms with Crippen molar-refractivity contribution in [3.63, 3.8) is 0 Å². The predicted molar refractivity (Wildman–Crippen MR) is 62.8 cm³/mol. The molecule has 9 heteroatoms. The Bertz CT molecular complexity index is 679. The SMILES string of the molecule is N#Cc1ccsc1NS(=O)(=O)c1cn[nH]c1N. The quantitative estimate of drug-likeness (QED) is 0.757. The first-order chi connectivity index (χ1) is 8.04. The minimum atomic E-state index is -3.81. The lowest BCUT2D eigenvalue weighted by Crippen LogP contribution is -2.13. The Morgan fingerprint density at radius 2 is 2.35 bits per heavy atom. The molecule has 0 bridgehead atoms. The standard InChI is InChI=1S/C8H7N5O2S2/c9-3-5-1-2-16-8(5)13-17(14,15)6-4-11-12-7(6)10/h1-2,4,13H,(H3,10,11,12). The van der Waals surface area contributed by atoms with Crippen LogP contribution < -0.4 is 10.5 Å². The number of anilines is 2. The van der Waals surface area contributed by atoms with Crippen LogP contribution in [0.4, 0.5) is 10.8 Å². The fourth-order valence-corrected chi connectivity index (χ4v) is 3.25. The number of H-pyrrole nitrogens is 1. The third-order valence-corrected chi connectivity index (χ3v) is 4.27. The Kier molecular flexibility index (Phi) is 2.74. The first-order valence-corrected chi connectivity index (χ1v) is 6.70. The van der Waals surface area contributed by atoms with Gasteiger partial charge in [0, 0.05) is 0 Å². The van der Waals surface area contributed by atoms with Crippen molar-refractivity contribution >= 4 is 32.2 Å². The van der Waals surface area contributed by atoms with Gasteiger partial charge in [-0.05, 0) is 11.4 Å². The topological polar surface area (TPSA) is 125 Å². The van der Waals surface area contributed by atoms with Gasteiger partial charge < -0.3 is 5.73 Å². The second-order valence-corrected chi connectivity index (χ2v) is 5.60. The zero-order valence-corrected chi connectivity index (χ0v) is 9.97. The molecular formula is C8H7N5O2S2. The van der Waals surface area contributed by atoms with Crippen molar-refractivity contribution in [3.8, 4) is 6.07 Å². The molecule has 17 heavy (non-hydrogen) atoms. The highest BCUT2D eigenvalue weighted by molar-refractivity contribution is 7.93. The maximum absolute atomic E-state index is 11.9. The number of sulfonamides is 1. The molecule has 2 aromatic rings. The van der Waals surface area contributed by atoms with Gasteiger partial charge in [-0.25, -0.2) is 8.42 Å². The molecule has 88 valence electrons. The van der Waals surface area contributed by atoms with E-state index >= 15 is 0 Å². The van der Waals surface area contributed by atoms with Gasteiger partial charge in [-0.1, -0.05) is 0 Å². The minimum absolute atomic E-state index is 0.0486. The summed E-state index contributed by atoms with van der Waals surface area (Å²) in [5.41, 5.74) is 5.69. The molecule has 2 aromatic heterocycles. The number of thiophene rings is 1. The Balaban J connectivity index is 2.38. The average molecular weight is 269 g/mol. The fraction of sp³-hybridized carbons (Fsp3) is 0. The Hall–Kier alpha value is -2.05. The molecule has 0 saturated heterocycles. The van der Waals surface area contributed by atoms with E-state index in [1.807, 2.05) is 6.07 Å². The summed E-state index contributed by atoms with van der Waals surface area (Å²) < 4.78 is 26.1. The molecular weight excluding hydrogens is 262 g/mol. The molecule has 0 unspecified atom stereocenters. The molecule has 0 aromatic carbocycles. The number of hydrogen-bond donors (Lipinski definition) is 3. The fourth-order valence-electron chi connectivity index (χ4n) is 1.15. The van der Waals surface area contributed by atoms with Crippen molar-refractivity contribution in [1.82, 2.24) is 10.2 Å². The molecule has 0 amide bonds. The smallest absolute Gasteiger partial charge is 0.267 e. The lowest BCUT2D eigenvalue weighted by Gasteiger charge is -2.04. The van der Waals surface area contributed by atoms with E-state index in [2.05, 4.69) is 14.9 Å². The maximum Gasteiger partial charge on any atom is 0.267 e. The van der Waals surface area contributed by atoms with E-state index < -0.39 is 10.0 Å². The number of nitrogens with zero attached hydrogens (tertiary/aromatic N) is 2. The molecule has 0 aliphatic heterocycles. The summed E-state index contributed by atoms with van der Waals surface area (Å²) in [5.74, 6) is -0.0486. The summed E-state index contributed by atoms with van der Waals surface area (Å²) in [6, 6.07) is 3.42. The van der Waals surface area contributed by atoms with Gasteiger partial charge in [-0.3, -0.25) is 9.82 Å². The van der Waals surface area contributed by atoms with Crippen LogP contribution in [0.25, 0.3) is 0 Å². The average Bonchev–Trinajstić information content (AvgIpc) is 2.86. The van der Waals surface area contributed by atoms with E-state index in [4.69, 9.17) is 11.0 Å². The molecule has 0 atom stereocenters. The highest BCUT2D eigenvalue weighted by Gasteiger charge is 2.21. The number of aromatic nitrogens is 2. The molecule has 0 saturated carbocycles. The normalized spacial score (nSPS) is 11.0. The van der Waals surface area contributed by atoms with Gasteiger partial charge in [0.1, 0.15) is 21.8 Å². The summed E-state index contributed by atoms with van der Waals surface area (Å²) in [4.78, 5) is -0.144. The molecule has 7 nitrogen and oxygen atoms in total. The van der Waals surface area contributed by atoms with Crippen LogP contribution >= 0.6 is 11.3 Å². The van der Waals surface area contributed by atoms with Crippen LogP contribution in [0.2, 0.25) is 0 Å². The van der Waals surface area contributed by atoms with Gasteiger partial charge in [-0.15, -0.1) is 11.3 Å². The van der Waals surface area contributed by atoms with Crippen LogP contribution in [-0.2, 0) is 10.0 Å². The third-order valence-electron chi connectivity index (χ3n) is 1.93. The van der Waals surface area contributed by atoms with Gasteiger partial charge in [-0.2, -0.15) is 10.4 Å². The predicted octanol–water partition coefficient (Wildman–Crippen LogP) is 0.726. The highest BCUT2D eigenvalue weighted by Crippen LogP contribution is 2.26. The number of aromatic amines is 1. The lowest BCUT2D eigenvalue weighted by atomic mass is 10.4. The molecule has 0 aliphatic rings. The Labute approximate surface area is 101 Å². The van der Waals surface area contributed by atoms with Crippen molar-refractivity contribution in [3.05, 3.63) is 23.2 Å². The molecule has 4 N–H and O–H groups in total. The number of nitrogens with one attached hydrogen (secondary N) is 2. The van der Waals surface area contributed by atoms with E-state index in [1.54, 1.807) is 5.38 Å². The molecule has 2 rings (SSSR count). The van der Waals surface area contributed by atoms with Gasteiger partial charge >= 0.3 is 0 Å². The zero-order chi connectivity index (χ0) is 12.5. The van der Waals surface area contributed by atoms with Crippen LogP contribution in [0, 0.1) is 11.3 Å². The Morgan fingerprint density at radius 1 is 1.59 bits per heavy atom. The summed E-state index contributed by atoms with van der Waals surface area (Å²) in [6.45, 7) is 0. The second-order valence-electron chi connectivity index (χ2n) is 3.03. The van der Waals surface area contributed by atoms with Crippen molar-refractivity contribution < 1.29 is 8.42 Å². The van der Waals surface area contributed by atoms with E-state index in [0.29, 0.717) is 0 Å². The van der Waals surface area contributed by atoms with Crippen LogP contribution in [0.5, 0.6) is 0 Å².